The van der Waals surface area contributed by atoms with Gasteiger partial charge in [-0.15, -0.1) is 0 Å². The number of rotatable bonds is 4. The van der Waals surface area contributed by atoms with Crippen molar-refractivity contribution < 1.29 is 14.3 Å². The van der Waals surface area contributed by atoms with Gasteiger partial charge in [0, 0.05) is 14.6 Å². The third kappa shape index (κ3) is 2.70. The summed E-state index contributed by atoms with van der Waals surface area (Å²) in [6, 6.07) is 5.95. The summed E-state index contributed by atoms with van der Waals surface area (Å²) in [6.45, 7) is 7.21. The number of benzene rings is 1. The lowest BCUT2D eigenvalue weighted by atomic mass is 10.1. The van der Waals surface area contributed by atoms with Gasteiger partial charge >= 0.3 is 0 Å². The van der Waals surface area contributed by atoms with Crippen molar-refractivity contribution in [2.45, 2.75) is 25.7 Å². The number of fused-ring (bicyclic) bond motifs is 1. The molecule has 19 heavy (non-hydrogen) atoms. The van der Waals surface area contributed by atoms with Crippen LogP contribution in [0.25, 0.3) is 0 Å². The SMILES string of the molecule is COc1ccc2c(c1)C(=O)N(CC[Si](C)(C)C)C2=O. The Morgan fingerprint density at radius 1 is 1.11 bits per heavy atom. The number of imide groups is 1. The summed E-state index contributed by atoms with van der Waals surface area (Å²) < 4.78 is 5.10. The molecule has 0 unspecified atom stereocenters. The number of hydrogen-bond donors (Lipinski definition) is 0. The quantitative estimate of drug-likeness (QED) is 0.628. The second-order valence-corrected chi connectivity index (χ2v) is 11.6. The van der Waals surface area contributed by atoms with Crippen molar-refractivity contribution in [2.24, 2.45) is 0 Å². The second-order valence-electron chi connectivity index (χ2n) is 5.98. The monoisotopic (exact) mass is 277 g/mol. The minimum atomic E-state index is -1.28. The van der Waals surface area contributed by atoms with Crippen LogP contribution in [0.1, 0.15) is 20.7 Å². The van der Waals surface area contributed by atoms with Gasteiger partial charge in [0.15, 0.2) is 0 Å². The third-order valence-corrected chi connectivity index (χ3v) is 4.99. The highest BCUT2D eigenvalue weighted by Crippen LogP contribution is 2.27. The average Bonchev–Trinajstić information content (AvgIpc) is 2.58. The maximum Gasteiger partial charge on any atom is 0.261 e. The smallest absolute Gasteiger partial charge is 0.261 e. The van der Waals surface area contributed by atoms with E-state index in [-0.39, 0.29) is 11.8 Å². The van der Waals surface area contributed by atoms with Crippen LogP contribution < -0.4 is 4.74 Å². The van der Waals surface area contributed by atoms with Crippen LogP contribution in [0.2, 0.25) is 25.7 Å². The number of methoxy groups -OCH3 is 1. The fourth-order valence-electron chi connectivity index (χ4n) is 2.05. The second kappa shape index (κ2) is 4.81. The van der Waals surface area contributed by atoms with E-state index in [2.05, 4.69) is 19.6 Å². The molecule has 2 rings (SSSR count). The lowest BCUT2D eigenvalue weighted by molar-refractivity contribution is 0.0662. The molecule has 0 saturated carbocycles. The Kier molecular flexibility index (Phi) is 3.49. The molecule has 1 aromatic rings. The Labute approximate surface area is 114 Å². The molecule has 0 aromatic heterocycles. The van der Waals surface area contributed by atoms with Crippen LogP contribution in [-0.4, -0.2) is 38.4 Å². The van der Waals surface area contributed by atoms with Crippen LogP contribution >= 0.6 is 0 Å². The first-order valence-corrected chi connectivity index (χ1v) is 10.1. The molecule has 1 aliphatic heterocycles. The Balaban J connectivity index is 2.24. The van der Waals surface area contributed by atoms with Crippen molar-refractivity contribution in [1.29, 1.82) is 0 Å². The van der Waals surface area contributed by atoms with Gasteiger partial charge < -0.3 is 4.74 Å². The van der Waals surface area contributed by atoms with Crippen LogP contribution in [0.4, 0.5) is 0 Å². The van der Waals surface area contributed by atoms with E-state index in [9.17, 15) is 9.59 Å². The summed E-state index contributed by atoms with van der Waals surface area (Å²) in [5.74, 6) is 0.227. The van der Waals surface area contributed by atoms with Gasteiger partial charge in [-0.25, -0.2) is 0 Å². The molecule has 2 amide bonds. The fourth-order valence-corrected chi connectivity index (χ4v) is 2.94. The van der Waals surface area contributed by atoms with E-state index < -0.39 is 8.07 Å². The molecule has 0 aliphatic carbocycles. The summed E-state index contributed by atoms with van der Waals surface area (Å²) in [7, 11) is 0.272. The predicted octanol–water partition coefficient (Wildman–Crippen LogP) is 2.63. The minimum Gasteiger partial charge on any atom is -0.497 e. The molecule has 1 aromatic carbocycles. The van der Waals surface area contributed by atoms with E-state index >= 15 is 0 Å². The van der Waals surface area contributed by atoms with Gasteiger partial charge in [0.25, 0.3) is 11.8 Å². The minimum absolute atomic E-state index is 0.180. The highest BCUT2D eigenvalue weighted by molar-refractivity contribution is 6.76. The average molecular weight is 277 g/mol. The maximum absolute atomic E-state index is 12.3. The van der Waals surface area contributed by atoms with Crippen molar-refractivity contribution in [2.75, 3.05) is 13.7 Å². The van der Waals surface area contributed by atoms with Gasteiger partial charge in [-0.1, -0.05) is 19.6 Å². The van der Waals surface area contributed by atoms with Gasteiger partial charge in [0.1, 0.15) is 5.75 Å². The summed E-state index contributed by atoms with van der Waals surface area (Å²) in [6.07, 6.45) is 0. The van der Waals surface area contributed by atoms with E-state index in [1.165, 1.54) is 4.90 Å². The van der Waals surface area contributed by atoms with Crippen LogP contribution in [0.15, 0.2) is 18.2 Å². The first kappa shape index (κ1) is 13.8. The largest absolute Gasteiger partial charge is 0.497 e. The first-order valence-electron chi connectivity index (χ1n) is 6.38. The summed E-state index contributed by atoms with van der Waals surface area (Å²) >= 11 is 0. The number of amides is 2. The standard InChI is InChI=1S/C14H19NO3Si/c1-18-10-5-6-11-12(9-10)14(17)15(13(11)16)7-8-19(2,3)4/h5-6,9H,7-8H2,1-4H3. The molecule has 0 bridgehead atoms. The van der Waals surface area contributed by atoms with Crippen LogP contribution in [0.5, 0.6) is 5.75 Å². The molecule has 5 heteroatoms. The zero-order chi connectivity index (χ0) is 14.2. The summed E-state index contributed by atoms with van der Waals surface area (Å²) in [5, 5.41) is 0. The molecule has 4 nitrogen and oxygen atoms in total. The Morgan fingerprint density at radius 2 is 1.74 bits per heavy atom. The van der Waals surface area contributed by atoms with E-state index in [1.54, 1.807) is 25.3 Å². The fraction of sp³-hybridized carbons (Fsp3) is 0.429. The summed E-state index contributed by atoms with van der Waals surface area (Å²) in [5.41, 5.74) is 0.946. The van der Waals surface area contributed by atoms with Gasteiger partial charge in [0.2, 0.25) is 0 Å². The molecule has 0 radical (unpaired) electrons. The Bertz CT molecular complexity index is 534. The molecule has 1 aliphatic rings. The zero-order valence-electron chi connectivity index (χ0n) is 11.8. The normalized spacial score (nSPS) is 14.8. The molecule has 0 saturated heterocycles. The van der Waals surface area contributed by atoms with E-state index in [4.69, 9.17) is 4.74 Å². The number of nitrogens with zero attached hydrogens (tertiary/aromatic N) is 1. The molecule has 0 fully saturated rings. The molecular weight excluding hydrogens is 258 g/mol. The van der Waals surface area contributed by atoms with E-state index in [1.807, 2.05) is 0 Å². The number of carbonyl (C=O) groups excluding carboxylic acids is 2. The van der Waals surface area contributed by atoms with Crippen molar-refractivity contribution in [3.63, 3.8) is 0 Å². The van der Waals surface area contributed by atoms with Crippen molar-refractivity contribution >= 4 is 19.9 Å². The first-order chi connectivity index (χ1) is 8.83. The number of hydrogen-bond acceptors (Lipinski definition) is 3. The predicted molar refractivity (Wildman–Crippen MR) is 76.5 cm³/mol. The van der Waals surface area contributed by atoms with Crippen LogP contribution in [-0.2, 0) is 0 Å². The molecule has 0 atom stereocenters. The summed E-state index contributed by atoms with van der Waals surface area (Å²) in [4.78, 5) is 25.8. The maximum atomic E-state index is 12.3. The van der Waals surface area contributed by atoms with Crippen molar-refractivity contribution in [1.82, 2.24) is 4.90 Å². The topological polar surface area (TPSA) is 46.6 Å². The van der Waals surface area contributed by atoms with Gasteiger partial charge in [-0.3, -0.25) is 14.5 Å². The Hall–Kier alpha value is -1.62. The van der Waals surface area contributed by atoms with Crippen molar-refractivity contribution in [3.05, 3.63) is 29.3 Å². The third-order valence-electron chi connectivity index (χ3n) is 3.26. The number of carbonyl (C=O) groups is 2. The lowest BCUT2D eigenvalue weighted by Crippen LogP contribution is -2.35. The highest BCUT2D eigenvalue weighted by Gasteiger charge is 2.36. The van der Waals surface area contributed by atoms with Gasteiger partial charge in [-0.05, 0) is 24.2 Å². The lowest BCUT2D eigenvalue weighted by Gasteiger charge is -2.20. The highest BCUT2D eigenvalue weighted by atomic mass is 28.3. The number of ether oxygens (including phenoxy) is 1. The van der Waals surface area contributed by atoms with Crippen molar-refractivity contribution in [3.8, 4) is 5.75 Å². The molecule has 1 heterocycles. The molecular formula is C14H19NO3Si. The van der Waals surface area contributed by atoms with E-state index in [0.29, 0.717) is 23.4 Å². The molecule has 0 N–H and O–H groups in total. The molecule has 0 spiro atoms. The zero-order valence-corrected chi connectivity index (χ0v) is 12.8. The van der Waals surface area contributed by atoms with Gasteiger partial charge in [-0.2, -0.15) is 0 Å². The van der Waals surface area contributed by atoms with Gasteiger partial charge in [0.05, 0.1) is 18.2 Å². The van der Waals surface area contributed by atoms with Crippen LogP contribution in [0, 0.1) is 0 Å². The Morgan fingerprint density at radius 3 is 2.32 bits per heavy atom. The molecule has 102 valence electrons. The van der Waals surface area contributed by atoms with Crippen LogP contribution in [0.3, 0.4) is 0 Å². The van der Waals surface area contributed by atoms with E-state index in [0.717, 1.165) is 6.04 Å².